The second kappa shape index (κ2) is 5.80. The maximum Gasteiger partial charge on any atom is 0.205 e. The van der Waals surface area contributed by atoms with Crippen LogP contribution in [-0.4, -0.2) is 22.8 Å². The molecule has 1 aromatic rings. The zero-order chi connectivity index (χ0) is 14.7. The molecule has 108 valence electrons. The number of hydrogen-bond acceptors (Lipinski definition) is 4. The van der Waals surface area contributed by atoms with Crippen molar-refractivity contribution < 1.29 is 19.3 Å². The van der Waals surface area contributed by atoms with Crippen molar-refractivity contribution in [3.05, 3.63) is 24.3 Å². The third kappa shape index (κ3) is 6.45. The number of aliphatic hydroxyl groups is 1. The lowest BCUT2D eigenvalue weighted by Crippen LogP contribution is -2.34. The molecule has 0 unspecified atom stereocenters. The third-order valence-electron chi connectivity index (χ3n) is 2.07. The summed E-state index contributed by atoms with van der Waals surface area (Å²) in [7, 11) is 0. The Morgan fingerprint density at radius 1 is 0.895 bits per heavy atom. The van der Waals surface area contributed by atoms with Crippen molar-refractivity contribution in [1.29, 1.82) is 0 Å². The summed E-state index contributed by atoms with van der Waals surface area (Å²) in [6.45, 7) is 10.8. The second-order valence-electron chi connectivity index (χ2n) is 5.69. The molecule has 4 nitrogen and oxygen atoms in total. The molecule has 0 saturated heterocycles. The Kier molecular flexibility index (Phi) is 4.82. The molecule has 0 bridgehead atoms. The standard InChI is InChI=1S/C15H24O4/c1-11(2)17-15(5,6)19-13-9-7-12(8-10-13)18-14(3,4)16/h7-11,16H,1-6H3. The lowest BCUT2D eigenvalue weighted by Gasteiger charge is -2.28. The van der Waals surface area contributed by atoms with Crippen LogP contribution in [0.15, 0.2) is 24.3 Å². The summed E-state index contributed by atoms with van der Waals surface area (Å²) in [5, 5.41) is 9.55. The van der Waals surface area contributed by atoms with Gasteiger partial charge in [-0.05, 0) is 38.1 Å². The van der Waals surface area contributed by atoms with Gasteiger partial charge in [0.25, 0.3) is 0 Å². The first-order chi connectivity index (χ1) is 8.57. The van der Waals surface area contributed by atoms with E-state index in [0.29, 0.717) is 11.5 Å². The fourth-order valence-electron chi connectivity index (χ4n) is 1.74. The van der Waals surface area contributed by atoms with Gasteiger partial charge in [0.05, 0.1) is 6.10 Å². The minimum atomic E-state index is -1.19. The van der Waals surface area contributed by atoms with E-state index in [2.05, 4.69) is 0 Å². The Morgan fingerprint density at radius 2 is 1.32 bits per heavy atom. The van der Waals surface area contributed by atoms with Gasteiger partial charge < -0.3 is 19.3 Å². The van der Waals surface area contributed by atoms with Crippen LogP contribution in [0.1, 0.15) is 41.5 Å². The van der Waals surface area contributed by atoms with Crippen LogP contribution >= 0.6 is 0 Å². The van der Waals surface area contributed by atoms with Crippen LogP contribution in [-0.2, 0) is 4.74 Å². The maximum absolute atomic E-state index is 9.55. The van der Waals surface area contributed by atoms with Crippen LogP contribution in [0.4, 0.5) is 0 Å². The Hall–Kier alpha value is -1.26. The Labute approximate surface area is 115 Å². The average Bonchev–Trinajstić information content (AvgIpc) is 2.16. The highest BCUT2D eigenvalue weighted by Gasteiger charge is 2.22. The van der Waals surface area contributed by atoms with Gasteiger partial charge in [0, 0.05) is 27.7 Å². The quantitative estimate of drug-likeness (QED) is 0.804. The van der Waals surface area contributed by atoms with Crippen molar-refractivity contribution in [2.45, 2.75) is 59.2 Å². The van der Waals surface area contributed by atoms with Gasteiger partial charge in [0.1, 0.15) is 11.5 Å². The minimum absolute atomic E-state index is 0.0906. The number of hydrogen-bond donors (Lipinski definition) is 1. The predicted octanol–water partition coefficient (Wildman–Crippen LogP) is 3.33. The van der Waals surface area contributed by atoms with Crippen LogP contribution in [0.25, 0.3) is 0 Å². The molecule has 0 aromatic heterocycles. The highest BCUT2D eigenvalue weighted by Crippen LogP contribution is 2.24. The fourth-order valence-corrected chi connectivity index (χ4v) is 1.74. The van der Waals surface area contributed by atoms with Crippen molar-refractivity contribution in [2.24, 2.45) is 0 Å². The second-order valence-corrected chi connectivity index (χ2v) is 5.69. The smallest absolute Gasteiger partial charge is 0.205 e. The zero-order valence-corrected chi connectivity index (χ0v) is 12.6. The Morgan fingerprint density at radius 3 is 1.68 bits per heavy atom. The van der Waals surface area contributed by atoms with Crippen molar-refractivity contribution in [3.63, 3.8) is 0 Å². The summed E-state index contributed by atoms with van der Waals surface area (Å²) in [6, 6.07) is 7.07. The summed E-state index contributed by atoms with van der Waals surface area (Å²) < 4.78 is 16.7. The molecule has 0 spiro atoms. The van der Waals surface area contributed by atoms with Crippen LogP contribution in [0.5, 0.6) is 11.5 Å². The van der Waals surface area contributed by atoms with Crippen LogP contribution in [0.2, 0.25) is 0 Å². The highest BCUT2D eigenvalue weighted by molar-refractivity contribution is 5.31. The molecule has 0 saturated carbocycles. The summed E-state index contributed by atoms with van der Waals surface area (Å²) in [5.74, 6) is -0.606. The average molecular weight is 268 g/mol. The Balaban J connectivity index is 2.67. The first kappa shape index (κ1) is 15.8. The van der Waals surface area contributed by atoms with Gasteiger partial charge in [0.2, 0.25) is 11.6 Å². The molecule has 4 heteroatoms. The van der Waals surface area contributed by atoms with Gasteiger partial charge in [-0.15, -0.1) is 0 Å². The molecule has 0 atom stereocenters. The molecule has 0 heterocycles. The number of rotatable bonds is 6. The van der Waals surface area contributed by atoms with Gasteiger partial charge in [-0.25, -0.2) is 0 Å². The molecular weight excluding hydrogens is 244 g/mol. The topological polar surface area (TPSA) is 47.9 Å². The van der Waals surface area contributed by atoms with Gasteiger partial charge in [-0.2, -0.15) is 0 Å². The lowest BCUT2D eigenvalue weighted by atomic mass is 10.3. The maximum atomic E-state index is 9.55. The van der Waals surface area contributed by atoms with E-state index in [1.165, 1.54) is 0 Å². The van der Waals surface area contributed by atoms with E-state index in [1.54, 1.807) is 38.1 Å². The van der Waals surface area contributed by atoms with Gasteiger partial charge in [-0.3, -0.25) is 0 Å². The first-order valence-electron chi connectivity index (χ1n) is 6.46. The van der Waals surface area contributed by atoms with Crippen molar-refractivity contribution in [1.82, 2.24) is 0 Å². The summed E-state index contributed by atoms with van der Waals surface area (Å²) >= 11 is 0. The zero-order valence-electron chi connectivity index (χ0n) is 12.6. The first-order valence-corrected chi connectivity index (χ1v) is 6.46. The van der Waals surface area contributed by atoms with Crippen molar-refractivity contribution in [2.75, 3.05) is 0 Å². The van der Waals surface area contributed by atoms with E-state index in [9.17, 15) is 5.11 Å². The molecule has 1 aromatic carbocycles. The van der Waals surface area contributed by atoms with Gasteiger partial charge in [0.15, 0.2) is 0 Å². The predicted molar refractivity (Wildman–Crippen MR) is 74.3 cm³/mol. The molecule has 1 rings (SSSR count). The molecule has 0 amide bonds. The normalized spacial score (nSPS) is 12.6. The lowest BCUT2D eigenvalue weighted by molar-refractivity contribution is -0.178. The SMILES string of the molecule is CC(C)OC(C)(C)Oc1ccc(OC(C)(C)O)cc1. The molecule has 19 heavy (non-hydrogen) atoms. The molecule has 0 aliphatic carbocycles. The number of benzene rings is 1. The van der Waals surface area contributed by atoms with Crippen LogP contribution in [0.3, 0.4) is 0 Å². The van der Waals surface area contributed by atoms with E-state index < -0.39 is 11.6 Å². The molecule has 0 aliphatic heterocycles. The molecular formula is C15H24O4. The fraction of sp³-hybridized carbons (Fsp3) is 0.600. The van der Waals surface area contributed by atoms with Crippen LogP contribution < -0.4 is 9.47 Å². The van der Waals surface area contributed by atoms with E-state index in [4.69, 9.17) is 14.2 Å². The summed E-state index contributed by atoms with van der Waals surface area (Å²) in [5.41, 5.74) is 0. The molecule has 1 N–H and O–H groups in total. The molecule has 0 radical (unpaired) electrons. The van der Waals surface area contributed by atoms with Gasteiger partial charge >= 0.3 is 0 Å². The molecule has 0 aliphatic rings. The third-order valence-corrected chi connectivity index (χ3v) is 2.07. The largest absolute Gasteiger partial charge is 0.463 e. The summed E-state index contributed by atoms with van der Waals surface area (Å²) in [6.07, 6.45) is 0.0906. The number of ether oxygens (including phenoxy) is 3. The Bertz CT molecular complexity index is 388. The van der Waals surface area contributed by atoms with E-state index in [-0.39, 0.29) is 6.10 Å². The summed E-state index contributed by atoms with van der Waals surface area (Å²) in [4.78, 5) is 0. The van der Waals surface area contributed by atoms with E-state index in [0.717, 1.165) is 0 Å². The van der Waals surface area contributed by atoms with Crippen LogP contribution in [0, 0.1) is 0 Å². The van der Waals surface area contributed by atoms with Gasteiger partial charge in [-0.1, -0.05) is 0 Å². The van der Waals surface area contributed by atoms with E-state index in [1.807, 2.05) is 27.7 Å². The van der Waals surface area contributed by atoms with Crippen molar-refractivity contribution in [3.8, 4) is 11.5 Å². The molecule has 0 fully saturated rings. The van der Waals surface area contributed by atoms with Crippen molar-refractivity contribution >= 4 is 0 Å². The minimum Gasteiger partial charge on any atom is -0.463 e. The monoisotopic (exact) mass is 268 g/mol. The highest BCUT2D eigenvalue weighted by atomic mass is 16.7. The van der Waals surface area contributed by atoms with E-state index >= 15 is 0 Å².